The zero-order chi connectivity index (χ0) is 29.1. The minimum absolute atomic E-state index is 0.165. The van der Waals surface area contributed by atoms with Gasteiger partial charge in [0.05, 0.1) is 27.7 Å². The van der Waals surface area contributed by atoms with Crippen LogP contribution < -0.4 is 0 Å². The summed E-state index contributed by atoms with van der Waals surface area (Å²) in [4.78, 5) is 15.5. The molecule has 1 amide bonds. The Labute approximate surface area is 250 Å². The Morgan fingerprint density at radius 1 is 1.12 bits per heavy atom. The Morgan fingerprint density at radius 2 is 1.85 bits per heavy atom. The molecule has 2 unspecified atom stereocenters. The van der Waals surface area contributed by atoms with Gasteiger partial charge in [0, 0.05) is 50.7 Å². The number of thiocarbonyl (C=S) groups is 1. The number of benzene rings is 2. The van der Waals surface area contributed by atoms with Crippen molar-refractivity contribution < 1.29 is 22.7 Å². The second-order valence-electron chi connectivity index (χ2n) is 10.0. The smallest absolute Gasteiger partial charge is 0.266 e. The van der Waals surface area contributed by atoms with Crippen LogP contribution in [0.4, 0.5) is 0 Å². The van der Waals surface area contributed by atoms with Crippen LogP contribution in [0.1, 0.15) is 25.8 Å². The van der Waals surface area contributed by atoms with Gasteiger partial charge in [-0.15, -0.1) is 0 Å². The summed E-state index contributed by atoms with van der Waals surface area (Å²) < 4.78 is 41.8. The summed E-state index contributed by atoms with van der Waals surface area (Å²) in [6.45, 7) is 5.33. The Balaban J connectivity index is 1.53. The van der Waals surface area contributed by atoms with E-state index in [1.807, 2.05) is 56.4 Å². The molecule has 0 bridgehead atoms. The van der Waals surface area contributed by atoms with Gasteiger partial charge in [-0.25, -0.2) is 13.1 Å². The van der Waals surface area contributed by atoms with Gasteiger partial charge in [-0.2, -0.15) is 9.40 Å². The average molecular weight is 613 g/mol. The van der Waals surface area contributed by atoms with Crippen LogP contribution in [0.3, 0.4) is 0 Å². The molecule has 5 rings (SSSR count). The van der Waals surface area contributed by atoms with Crippen LogP contribution >= 0.6 is 24.0 Å². The van der Waals surface area contributed by atoms with Crippen LogP contribution in [0.5, 0.6) is 0 Å². The van der Waals surface area contributed by atoms with E-state index in [0.717, 1.165) is 5.69 Å². The molecule has 0 radical (unpaired) electrons. The zero-order valence-electron chi connectivity index (χ0n) is 23.1. The topological polar surface area (TPSA) is 94.0 Å². The summed E-state index contributed by atoms with van der Waals surface area (Å²) in [6, 6.07) is 16.4. The van der Waals surface area contributed by atoms with Crippen LogP contribution in [0.2, 0.25) is 0 Å². The summed E-state index contributed by atoms with van der Waals surface area (Å²) in [6.07, 6.45) is 3.91. The highest BCUT2D eigenvalue weighted by molar-refractivity contribution is 8.26. The van der Waals surface area contributed by atoms with E-state index in [4.69, 9.17) is 26.8 Å². The standard InChI is InChI=1S/C29H32N4O5S3/c1-20-17-31(18-21(2)38-20)41(35,36)25-12-7-9-22(15-25)27-23(19-33(30-27)24-10-5-4-6-11-24)16-26-28(34)32(29(39)40-26)13-8-14-37-3/h4-7,9-12,15-16,19-21H,8,13-14,17-18H2,1-3H3. The number of carbonyl (C=O) groups excluding carboxylic acids is 1. The molecule has 2 aromatic carbocycles. The van der Waals surface area contributed by atoms with E-state index in [9.17, 15) is 13.2 Å². The van der Waals surface area contributed by atoms with Crippen molar-refractivity contribution in [1.29, 1.82) is 0 Å². The first-order valence-electron chi connectivity index (χ1n) is 13.3. The van der Waals surface area contributed by atoms with Crippen molar-refractivity contribution in [3.05, 3.63) is 71.3 Å². The SMILES string of the molecule is COCCCN1C(=O)C(=Cc2cn(-c3ccccc3)nc2-c2cccc(S(=O)(=O)N3CC(C)OC(C)C3)c2)SC1=S. The Kier molecular flexibility index (Phi) is 9.07. The lowest BCUT2D eigenvalue weighted by Crippen LogP contribution is -2.48. The first-order chi connectivity index (χ1) is 19.7. The molecule has 2 aliphatic rings. The fraction of sp³-hybridized carbons (Fsp3) is 0.345. The van der Waals surface area contributed by atoms with Crippen molar-refractivity contribution in [2.45, 2.75) is 37.4 Å². The predicted molar refractivity (Wildman–Crippen MR) is 164 cm³/mol. The van der Waals surface area contributed by atoms with E-state index >= 15 is 0 Å². The van der Waals surface area contributed by atoms with Crippen molar-refractivity contribution in [3.63, 3.8) is 0 Å². The number of methoxy groups -OCH3 is 1. The lowest BCUT2D eigenvalue weighted by molar-refractivity contribution is -0.122. The Hall–Kier alpha value is -2.87. The molecular formula is C29H32N4O5S3. The number of aromatic nitrogens is 2. The maximum absolute atomic E-state index is 13.6. The highest BCUT2D eigenvalue weighted by Crippen LogP contribution is 2.35. The Morgan fingerprint density at radius 3 is 2.56 bits per heavy atom. The molecule has 2 aliphatic heterocycles. The van der Waals surface area contributed by atoms with Crippen molar-refractivity contribution in [2.24, 2.45) is 0 Å². The number of amides is 1. The average Bonchev–Trinajstić information content (AvgIpc) is 3.49. The molecule has 41 heavy (non-hydrogen) atoms. The van der Waals surface area contributed by atoms with Crippen LogP contribution in [-0.2, 0) is 24.3 Å². The lowest BCUT2D eigenvalue weighted by Gasteiger charge is -2.34. The predicted octanol–water partition coefficient (Wildman–Crippen LogP) is 4.57. The van der Waals surface area contributed by atoms with E-state index in [1.165, 1.54) is 16.1 Å². The van der Waals surface area contributed by atoms with Gasteiger partial charge in [-0.1, -0.05) is 54.3 Å². The third kappa shape index (κ3) is 6.47. The molecule has 3 heterocycles. The van der Waals surface area contributed by atoms with Gasteiger partial charge in [0.1, 0.15) is 10.0 Å². The highest BCUT2D eigenvalue weighted by Gasteiger charge is 2.34. The van der Waals surface area contributed by atoms with Gasteiger partial charge in [-0.3, -0.25) is 9.69 Å². The molecule has 9 nitrogen and oxygen atoms in total. The van der Waals surface area contributed by atoms with E-state index in [0.29, 0.717) is 45.6 Å². The normalized spacial score (nSPS) is 21.2. The first kappa shape index (κ1) is 29.6. The fourth-order valence-electron chi connectivity index (χ4n) is 4.91. The van der Waals surface area contributed by atoms with Crippen LogP contribution in [0.15, 0.2) is 70.6 Å². The van der Waals surface area contributed by atoms with Crippen LogP contribution in [-0.4, -0.2) is 83.2 Å². The summed E-state index contributed by atoms with van der Waals surface area (Å²) in [7, 11) is -2.14. The lowest BCUT2D eigenvalue weighted by atomic mass is 10.1. The molecule has 2 saturated heterocycles. The number of hydrogen-bond acceptors (Lipinski definition) is 8. The molecule has 0 spiro atoms. The van der Waals surface area contributed by atoms with Crippen molar-refractivity contribution in [3.8, 4) is 16.9 Å². The number of para-hydroxylation sites is 1. The number of thioether (sulfide) groups is 1. The molecule has 1 aromatic heterocycles. The van der Waals surface area contributed by atoms with Gasteiger partial charge in [0.25, 0.3) is 5.91 Å². The van der Waals surface area contributed by atoms with Gasteiger partial charge >= 0.3 is 0 Å². The molecule has 0 saturated carbocycles. The summed E-state index contributed by atoms with van der Waals surface area (Å²) in [5, 5.41) is 4.84. The van der Waals surface area contributed by atoms with Gasteiger partial charge in [-0.05, 0) is 50.6 Å². The number of hydrogen-bond donors (Lipinski definition) is 0. The number of carbonyl (C=O) groups is 1. The quantitative estimate of drug-likeness (QED) is 0.197. The number of sulfonamides is 1. The maximum Gasteiger partial charge on any atom is 0.266 e. The zero-order valence-corrected chi connectivity index (χ0v) is 25.5. The van der Waals surface area contributed by atoms with Gasteiger partial charge < -0.3 is 9.47 Å². The van der Waals surface area contributed by atoms with Gasteiger partial charge in [0.2, 0.25) is 10.0 Å². The Bertz CT molecular complexity index is 1560. The van der Waals surface area contributed by atoms with Crippen LogP contribution in [0, 0.1) is 0 Å². The van der Waals surface area contributed by atoms with Crippen LogP contribution in [0.25, 0.3) is 23.0 Å². The number of nitrogens with zero attached hydrogens (tertiary/aromatic N) is 4. The van der Waals surface area contributed by atoms with E-state index < -0.39 is 10.0 Å². The number of morpholine rings is 1. The molecule has 216 valence electrons. The van der Waals surface area contributed by atoms with Crippen molar-refractivity contribution in [2.75, 3.05) is 33.4 Å². The number of ether oxygens (including phenoxy) is 2. The molecule has 2 fully saturated rings. The largest absolute Gasteiger partial charge is 0.385 e. The first-order valence-corrected chi connectivity index (χ1v) is 16.0. The van der Waals surface area contributed by atoms with E-state index in [1.54, 1.807) is 41.0 Å². The third-order valence-electron chi connectivity index (χ3n) is 6.79. The van der Waals surface area contributed by atoms with E-state index in [2.05, 4.69) is 0 Å². The minimum Gasteiger partial charge on any atom is -0.385 e. The minimum atomic E-state index is -3.76. The summed E-state index contributed by atoms with van der Waals surface area (Å²) >= 11 is 6.74. The summed E-state index contributed by atoms with van der Waals surface area (Å²) in [5.41, 5.74) is 2.69. The highest BCUT2D eigenvalue weighted by atomic mass is 32.2. The molecule has 12 heteroatoms. The fourth-order valence-corrected chi connectivity index (χ4v) is 7.85. The maximum atomic E-state index is 13.6. The second kappa shape index (κ2) is 12.6. The van der Waals surface area contributed by atoms with Crippen molar-refractivity contribution in [1.82, 2.24) is 19.0 Å². The number of rotatable bonds is 9. The third-order valence-corrected chi connectivity index (χ3v) is 9.99. The molecule has 0 aliphatic carbocycles. The molecular weight excluding hydrogens is 581 g/mol. The van der Waals surface area contributed by atoms with Crippen molar-refractivity contribution >= 4 is 50.3 Å². The monoisotopic (exact) mass is 612 g/mol. The summed E-state index contributed by atoms with van der Waals surface area (Å²) in [5.74, 6) is -0.165. The van der Waals surface area contributed by atoms with Gasteiger partial charge in [0.15, 0.2) is 0 Å². The molecule has 0 N–H and O–H groups in total. The van der Waals surface area contributed by atoms with E-state index in [-0.39, 0.29) is 36.1 Å². The molecule has 3 aromatic rings. The molecule has 2 atom stereocenters. The second-order valence-corrected chi connectivity index (χ2v) is 13.6.